The zero-order valence-corrected chi connectivity index (χ0v) is 17.2. The molecule has 1 amide bonds. The van der Waals surface area contributed by atoms with E-state index in [1.807, 2.05) is 25.1 Å². The van der Waals surface area contributed by atoms with Crippen LogP contribution in [-0.2, 0) is 16.1 Å². The van der Waals surface area contributed by atoms with Gasteiger partial charge < -0.3 is 10.0 Å². The van der Waals surface area contributed by atoms with Crippen LogP contribution in [0.1, 0.15) is 49.8 Å². The van der Waals surface area contributed by atoms with Crippen molar-refractivity contribution in [1.29, 1.82) is 0 Å². The van der Waals surface area contributed by atoms with Crippen LogP contribution < -0.4 is 10.8 Å². The standard InChI is InChI=1S/C21H32N4O4/c1-25(2)13-12-21(20(27)28,17-6-4-3-5-7-17)23-15-16-8-9-18(22-14-16)10-11-19(26)24-29/h8-11,14,17,23,29H,3-7,12-13,15H2,1-2H3,(H,24,26)(H,27,28)/t21-/m0/s1. The summed E-state index contributed by atoms with van der Waals surface area (Å²) in [6.07, 6.45) is 10.1. The Labute approximate surface area is 172 Å². The molecule has 160 valence electrons. The fourth-order valence-corrected chi connectivity index (χ4v) is 3.89. The van der Waals surface area contributed by atoms with Crippen LogP contribution in [0, 0.1) is 5.92 Å². The first kappa shape index (κ1) is 23.0. The van der Waals surface area contributed by atoms with Crippen LogP contribution in [0.5, 0.6) is 0 Å². The fraction of sp³-hybridized carbons (Fsp3) is 0.571. The summed E-state index contributed by atoms with van der Waals surface area (Å²) in [5, 5.41) is 22.1. The van der Waals surface area contributed by atoms with Crippen molar-refractivity contribution in [2.45, 2.75) is 50.6 Å². The zero-order valence-electron chi connectivity index (χ0n) is 17.2. The van der Waals surface area contributed by atoms with Crippen LogP contribution in [0.3, 0.4) is 0 Å². The molecule has 0 aromatic carbocycles. The molecule has 0 radical (unpaired) electrons. The number of carboxylic acid groups (broad SMARTS) is 1. The minimum absolute atomic E-state index is 0.112. The molecule has 1 aliphatic rings. The molecule has 2 rings (SSSR count). The molecular formula is C21H32N4O4. The van der Waals surface area contributed by atoms with Crippen LogP contribution in [0.25, 0.3) is 6.08 Å². The first-order valence-corrected chi connectivity index (χ1v) is 10.1. The fourth-order valence-electron chi connectivity index (χ4n) is 3.89. The molecule has 1 aliphatic carbocycles. The molecule has 0 saturated heterocycles. The highest BCUT2D eigenvalue weighted by molar-refractivity contribution is 5.90. The van der Waals surface area contributed by atoms with E-state index in [2.05, 4.69) is 10.3 Å². The van der Waals surface area contributed by atoms with Crippen LogP contribution >= 0.6 is 0 Å². The van der Waals surface area contributed by atoms with Gasteiger partial charge in [0.1, 0.15) is 5.54 Å². The van der Waals surface area contributed by atoms with Gasteiger partial charge in [-0.3, -0.25) is 25.1 Å². The molecule has 0 spiro atoms. The van der Waals surface area contributed by atoms with Gasteiger partial charge in [-0.15, -0.1) is 0 Å². The number of carbonyl (C=O) groups excluding carboxylic acids is 1. The maximum absolute atomic E-state index is 12.4. The molecule has 0 unspecified atom stereocenters. The van der Waals surface area contributed by atoms with Gasteiger partial charge in [-0.05, 0) is 63.5 Å². The van der Waals surface area contributed by atoms with E-state index in [0.717, 1.165) is 31.2 Å². The van der Waals surface area contributed by atoms with Crippen LogP contribution in [0.2, 0.25) is 0 Å². The topological polar surface area (TPSA) is 115 Å². The molecule has 0 bridgehead atoms. The number of carboxylic acids is 1. The van der Waals surface area contributed by atoms with E-state index in [-0.39, 0.29) is 5.92 Å². The number of hydrogen-bond donors (Lipinski definition) is 4. The van der Waals surface area contributed by atoms with E-state index in [1.54, 1.807) is 12.3 Å². The minimum Gasteiger partial charge on any atom is -0.480 e. The van der Waals surface area contributed by atoms with E-state index >= 15 is 0 Å². The van der Waals surface area contributed by atoms with Gasteiger partial charge in [0.15, 0.2) is 0 Å². The number of aromatic nitrogens is 1. The average molecular weight is 405 g/mol. The van der Waals surface area contributed by atoms with Crippen molar-refractivity contribution in [3.8, 4) is 0 Å². The summed E-state index contributed by atoms with van der Waals surface area (Å²) in [5.41, 5.74) is 2.01. The number of carbonyl (C=O) groups is 2. The monoisotopic (exact) mass is 404 g/mol. The Bertz CT molecular complexity index is 699. The van der Waals surface area contributed by atoms with Gasteiger partial charge in [0.25, 0.3) is 5.91 Å². The Hall–Kier alpha value is -2.29. The van der Waals surface area contributed by atoms with Gasteiger partial charge in [0, 0.05) is 18.8 Å². The highest BCUT2D eigenvalue weighted by atomic mass is 16.5. The molecule has 1 atom stereocenters. The molecule has 8 nitrogen and oxygen atoms in total. The number of aliphatic carboxylic acids is 1. The van der Waals surface area contributed by atoms with E-state index in [4.69, 9.17) is 5.21 Å². The van der Waals surface area contributed by atoms with E-state index in [1.165, 1.54) is 24.1 Å². The number of hydrogen-bond acceptors (Lipinski definition) is 6. The summed E-state index contributed by atoms with van der Waals surface area (Å²) in [7, 11) is 3.92. The lowest BCUT2D eigenvalue weighted by atomic mass is 9.72. The second-order valence-electron chi connectivity index (χ2n) is 7.92. The molecule has 1 aromatic rings. The molecule has 1 saturated carbocycles. The molecule has 8 heteroatoms. The lowest BCUT2D eigenvalue weighted by molar-refractivity contribution is -0.149. The maximum Gasteiger partial charge on any atom is 0.324 e. The largest absolute Gasteiger partial charge is 0.480 e. The van der Waals surface area contributed by atoms with Crippen LogP contribution in [0.15, 0.2) is 24.4 Å². The van der Waals surface area contributed by atoms with E-state index < -0.39 is 17.4 Å². The van der Waals surface area contributed by atoms with Crippen molar-refractivity contribution in [3.63, 3.8) is 0 Å². The first-order chi connectivity index (χ1) is 13.9. The van der Waals surface area contributed by atoms with Crippen LogP contribution in [0.4, 0.5) is 0 Å². The Balaban J connectivity index is 2.12. The lowest BCUT2D eigenvalue weighted by Crippen LogP contribution is -2.58. The predicted molar refractivity (Wildman–Crippen MR) is 110 cm³/mol. The Morgan fingerprint density at radius 2 is 2.00 bits per heavy atom. The quantitative estimate of drug-likeness (QED) is 0.268. The second-order valence-corrected chi connectivity index (χ2v) is 7.92. The third-order valence-corrected chi connectivity index (χ3v) is 5.61. The molecule has 4 N–H and O–H groups in total. The normalized spacial score (nSPS) is 17.4. The number of amides is 1. The summed E-state index contributed by atoms with van der Waals surface area (Å²) >= 11 is 0. The van der Waals surface area contributed by atoms with Crippen molar-refractivity contribution in [3.05, 3.63) is 35.7 Å². The third kappa shape index (κ3) is 6.62. The smallest absolute Gasteiger partial charge is 0.324 e. The molecule has 0 aliphatic heterocycles. The molecule has 1 aromatic heterocycles. The summed E-state index contributed by atoms with van der Waals surface area (Å²) in [4.78, 5) is 29.8. The minimum atomic E-state index is -0.956. The average Bonchev–Trinajstić information content (AvgIpc) is 2.73. The first-order valence-electron chi connectivity index (χ1n) is 10.1. The Kier molecular flexibility index (Phi) is 8.75. The summed E-state index contributed by atoms with van der Waals surface area (Å²) in [6.45, 7) is 1.11. The Morgan fingerprint density at radius 3 is 2.55 bits per heavy atom. The van der Waals surface area contributed by atoms with E-state index in [9.17, 15) is 14.7 Å². The summed E-state index contributed by atoms with van der Waals surface area (Å²) in [5.74, 6) is -1.30. The van der Waals surface area contributed by atoms with Gasteiger partial charge in [0.2, 0.25) is 0 Å². The summed E-state index contributed by atoms with van der Waals surface area (Å²) < 4.78 is 0. The van der Waals surface area contributed by atoms with Crippen molar-refractivity contribution in [2.75, 3.05) is 20.6 Å². The summed E-state index contributed by atoms with van der Waals surface area (Å²) in [6, 6.07) is 3.61. The number of nitrogens with one attached hydrogen (secondary N) is 2. The van der Waals surface area contributed by atoms with Crippen molar-refractivity contribution in [1.82, 2.24) is 20.7 Å². The molecule has 29 heavy (non-hydrogen) atoms. The van der Waals surface area contributed by atoms with Crippen LogP contribution in [-0.4, -0.2) is 58.3 Å². The van der Waals surface area contributed by atoms with Gasteiger partial charge in [0.05, 0.1) is 5.69 Å². The second kappa shape index (κ2) is 11.0. The maximum atomic E-state index is 12.4. The number of pyridine rings is 1. The number of nitrogens with zero attached hydrogens (tertiary/aromatic N) is 2. The lowest BCUT2D eigenvalue weighted by Gasteiger charge is -2.41. The van der Waals surface area contributed by atoms with Crippen molar-refractivity contribution in [2.24, 2.45) is 5.92 Å². The molecule has 1 heterocycles. The van der Waals surface area contributed by atoms with Gasteiger partial charge in [-0.2, -0.15) is 0 Å². The van der Waals surface area contributed by atoms with Gasteiger partial charge in [-0.25, -0.2) is 5.48 Å². The molecular weight excluding hydrogens is 372 g/mol. The van der Waals surface area contributed by atoms with Crippen molar-refractivity contribution >= 4 is 18.0 Å². The Morgan fingerprint density at radius 1 is 1.28 bits per heavy atom. The van der Waals surface area contributed by atoms with Crippen molar-refractivity contribution < 1.29 is 19.9 Å². The highest BCUT2D eigenvalue weighted by Gasteiger charge is 2.45. The SMILES string of the molecule is CN(C)CC[C@@](NCc1ccc(C=CC(=O)NO)nc1)(C(=O)O)C1CCCCC1. The zero-order chi connectivity index (χ0) is 21.3. The molecule has 1 fully saturated rings. The van der Waals surface area contributed by atoms with Gasteiger partial charge >= 0.3 is 5.97 Å². The highest BCUT2D eigenvalue weighted by Crippen LogP contribution is 2.35. The predicted octanol–water partition coefficient (Wildman–Crippen LogP) is 2.05. The van der Waals surface area contributed by atoms with E-state index in [0.29, 0.717) is 25.2 Å². The number of rotatable bonds is 10. The third-order valence-electron chi connectivity index (χ3n) is 5.61. The number of hydroxylamine groups is 1. The van der Waals surface area contributed by atoms with Gasteiger partial charge in [-0.1, -0.05) is 25.3 Å².